The third-order valence-corrected chi connectivity index (χ3v) is 3.93. The average Bonchev–Trinajstić information content (AvgIpc) is 2.43. The van der Waals surface area contributed by atoms with E-state index < -0.39 is 0 Å². The summed E-state index contributed by atoms with van der Waals surface area (Å²) < 4.78 is 1.28. The van der Waals surface area contributed by atoms with Gasteiger partial charge in [-0.25, -0.2) is 0 Å². The van der Waals surface area contributed by atoms with E-state index in [0.717, 1.165) is 13.0 Å². The van der Waals surface area contributed by atoms with Crippen molar-refractivity contribution in [3.8, 4) is 0 Å². The van der Waals surface area contributed by atoms with Crippen LogP contribution in [0.5, 0.6) is 0 Å². The van der Waals surface area contributed by atoms with E-state index in [1.807, 2.05) is 0 Å². The summed E-state index contributed by atoms with van der Waals surface area (Å²) in [5.41, 5.74) is 3.97. The Bertz CT molecular complexity index is 456. The first-order valence-electron chi connectivity index (χ1n) is 6.76. The molecule has 0 saturated carbocycles. The highest BCUT2D eigenvalue weighted by Gasteiger charge is 2.12. The molecular weight excluding hydrogens is 345 g/mol. The molecule has 1 N–H and O–H groups in total. The van der Waals surface area contributed by atoms with Gasteiger partial charge in [0, 0.05) is 3.57 Å². The largest absolute Gasteiger partial charge is 0.306 e. The Labute approximate surface area is 129 Å². The lowest BCUT2D eigenvalue weighted by molar-refractivity contribution is 0.598. The summed E-state index contributed by atoms with van der Waals surface area (Å²) in [6.07, 6.45) is 1.15. The Morgan fingerprint density at radius 1 is 0.947 bits per heavy atom. The summed E-state index contributed by atoms with van der Waals surface area (Å²) in [5.74, 6) is 0. The van der Waals surface area contributed by atoms with Crippen molar-refractivity contribution >= 4 is 22.6 Å². The van der Waals surface area contributed by atoms with Crippen LogP contribution in [0.2, 0.25) is 0 Å². The molecule has 0 aliphatic heterocycles. The molecule has 1 nitrogen and oxygen atoms in total. The fourth-order valence-corrected chi connectivity index (χ4v) is 2.49. The first-order chi connectivity index (χ1) is 9.20. The molecule has 1 unspecified atom stereocenters. The number of nitrogens with one attached hydrogen (secondary N) is 1. The highest BCUT2D eigenvalue weighted by Crippen LogP contribution is 2.23. The van der Waals surface area contributed by atoms with E-state index >= 15 is 0 Å². The number of aryl methyl sites for hydroxylation is 1. The highest BCUT2D eigenvalue weighted by atomic mass is 127. The van der Waals surface area contributed by atoms with E-state index in [4.69, 9.17) is 0 Å². The zero-order valence-corrected chi connectivity index (χ0v) is 13.6. The standard InChI is InChI=1S/C17H20IN/c1-3-12-19-17(14-6-4-13(2)5-7-14)15-8-10-16(18)11-9-15/h4-11,17,19H,3,12H2,1-2H3. The first kappa shape index (κ1) is 14.5. The molecule has 0 spiro atoms. The van der Waals surface area contributed by atoms with Gasteiger partial charge in [-0.3, -0.25) is 0 Å². The van der Waals surface area contributed by atoms with Gasteiger partial charge < -0.3 is 5.32 Å². The molecule has 2 aromatic carbocycles. The molecular formula is C17H20IN. The lowest BCUT2D eigenvalue weighted by atomic mass is 9.98. The van der Waals surface area contributed by atoms with Crippen LogP contribution in [0.15, 0.2) is 48.5 Å². The van der Waals surface area contributed by atoms with E-state index in [-0.39, 0.29) is 6.04 Å². The van der Waals surface area contributed by atoms with Crippen molar-refractivity contribution in [2.24, 2.45) is 0 Å². The van der Waals surface area contributed by atoms with E-state index in [1.54, 1.807) is 0 Å². The molecule has 1 atom stereocenters. The van der Waals surface area contributed by atoms with Crippen LogP contribution in [0, 0.1) is 10.5 Å². The smallest absolute Gasteiger partial charge is 0.0576 e. The van der Waals surface area contributed by atoms with E-state index in [1.165, 1.54) is 20.3 Å². The Morgan fingerprint density at radius 3 is 2.00 bits per heavy atom. The van der Waals surface area contributed by atoms with Gasteiger partial charge >= 0.3 is 0 Å². The molecule has 0 radical (unpaired) electrons. The van der Waals surface area contributed by atoms with Crippen LogP contribution in [0.4, 0.5) is 0 Å². The summed E-state index contributed by atoms with van der Waals surface area (Å²) in [7, 11) is 0. The Kier molecular flexibility index (Phi) is 5.40. The van der Waals surface area contributed by atoms with Gasteiger partial charge in [0.2, 0.25) is 0 Å². The molecule has 2 aromatic rings. The number of rotatable bonds is 5. The predicted octanol–water partition coefficient (Wildman–Crippen LogP) is 4.69. The summed E-state index contributed by atoms with van der Waals surface area (Å²) in [5, 5.41) is 3.64. The molecule has 0 saturated heterocycles. The van der Waals surface area contributed by atoms with Crippen molar-refractivity contribution in [1.82, 2.24) is 5.32 Å². The second-order valence-corrected chi connectivity index (χ2v) is 6.10. The van der Waals surface area contributed by atoms with Crippen LogP contribution >= 0.6 is 22.6 Å². The minimum atomic E-state index is 0.289. The van der Waals surface area contributed by atoms with Gasteiger partial charge in [-0.05, 0) is 65.7 Å². The monoisotopic (exact) mass is 365 g/mol. The maximum Gasteiger partial charge on any atom is 0.0576 e. The van der Waals surface area contributed by atoms with Crippen LogP contribution < -0.4 is 5.32 Å². The van der Waals surface area contributed by atoms with E-state index in [0.29, 0.717) is 0 Å². The number of halogens is 1. The van der Waals surface area contributed by atoms with Crippen LogP contribution in [0.1, 0.15) is 36.1 Å². The van der Waals surface area contributed by atoms with Crippen LogP contribution in [0.3, 0.4) is 0 Å². The van der Waals surface area contributed by atoms with Gasteiger partial charge in [-0.15, -0.1) is 0 Å². The number of benzene rings is 2. The van der Waals surface area contributed by atoms with Crippen molar-refractivity contribution in [3.05, 3.63) is 68.8 Å². The molecule has 0 fully saturated rings. The zero-order valence-electron chi connectivity index (χ0n) is 11.5. The summed E-state index contributed by atoms with van der Waals surface area (Å²) in [4.78, 5) is 0. The maximum atomic E-state index is 3.64. The summed E-state index contributed by atoms with van der Waals surface area (Å²) in [6, 6.07) is 17.9. The summed E-state index contributed by atoms with van der Waals surface area (Å²) >= 11 is 2.35. The molecule has 0 aliphatic rings. The molecule has 2 rings (SSSR count). The normalized spacial score (nSPS) is 12.4. The van der Waals surface area contributed by atoms with Crippen molar-refractivity contribution in [3.63, 3.8) is 0 Å². The predicted molar refractivity (Wildman–Crippen MR) is 90.5 cm³/mol. The SMILES string of the molecule is CCCNC(c1ccc(C)cc1)c1ccc(I)cc1. The van der Waals surface area contributed by atoms with Gasteiger partial charge in [0.1, 0.15) is 0 Å². The van der Waals surface area contributed by atoms with Crippen molar-refractivity contribution in [1.29, 1.82) is 0 Å². The fraction of sp³-hybridized carbons (Fsp3) is 0.294. The molecule has 0 aliphatic carbocycles. The molecule has 0 bridgehead atoms. The Hall–Kier alpha value is -0.870. The number of hydrogen-bond acceptors (Lipinski definition) is 1. The van der Waals surface area contributed by atoms with E-state index in [2.05, 4.69) is 90.3 Å². The lowest BCUT2D eigenvalue weighted by Gasteiger charge is -2.20. The second kappa shape index (κ2) is 7.06. The summed E-state index contributed by atoms with van der Waals surface area (Å²) in [6.45, 7) is 5.36. The molecule has 19 heavy (non-hydrogen) atoms. The average molecular weight is 365 g/mol. The van der Waals surface area contributed by atoms with Gasteiger partial charge in [0.25, 0.3) is 0 Å². The topological polar surface area (TPSA) is 12.0 Å². The third-order valence-electron chi connectivity index (χ3n) is 3.21. The zero-order chi connectivity index (χ0) is 13.7. The van der Waals surface area contributed by atoms with E-state index in [9.17, 15) is 0 Å². The molecule has 2 heteroatoms. The van der Waals surface area contributed by atoms with Crippen molar-refractivity contribution in [2.45, 2.75) is 26.3 Å². The van der Waals surface area contributed by atoms with Crippen molar-refractivity contribution < 1.29 is 0 Å². The number of hydrogen-bond donors (Lipinski definition) is 1. The minimum Gasteiger partial charge on any atom is -0.306 e. The Balaban J connectivity index is 2.29. The Morgan fingerprint density at radius 2 is 1.47 bits per heavy atom. The second-order valence-electron chi connectivity index (χ2n) is 4.85. The van der Waals surface area contributed by atoms with Crippen LogP contribution in [0.25, 0.3) is 0 Å². The molecule has 0 aromatic heterocycles. The maximum absolute atomic E-state index is 3.64. The van der Waals surface area contributed by atoms with Crippen LogP contribution in [-0.2, 0) is 0 Å². The van der Waals surface area contributed by atoms with Gasteiger partial charge in [0.15, 0.2) is 0 Å². The lowest BCUT2D eigenvalue weighted by Crippen LogP contribution is -2.23. The first-order valence-corrected chi connectivity index (χ1v) is 7.84. The van der Waals surface area contributed by atoms with Gasteiger partial charge in [-0.1, -0.05) is 48.9 Å². The quantitative estimate of drug-likeness (QED) is 0.759. The third kappa shape index (κ3) is 4.05. The van der Waals surface area contributed by atoms with Crippen LogP contribution in [-0.4, -0.2) is 6.54 Å². The van der Waals surface area contributed by atoms with Crippen molar-refractivity contribution in [2.75, 3.05) is 6.54 Å². The fourth-order valence-electron chi connectivity index (χ4n) is 2.13. The minimum absolute atomic E-state index is 0.289. The highest BCUT2D eigenvalue weighted by molar-refractivity contribution is 14.1. The molecule has 0 heterocycles. The molecule has 100 valence electrons. The molecule has 0 amide bonds. The van der Waals surface area contributed by atoms with Gasteiger partial charge in [-0.2, -0.15) is 0 Å². The van der Waals surface area contributed by atoms with Gasteiger partial charge in [0.05, 0.1) is 6.04 Å².